The molecular formula is C18H27NO3S. The summed E-state index contributed by atoms with van der Waals surface area (Å²) in [4.78, 5) is 14.9. The summed E-state index contributed by atoms with van der Waals surface area (Å²) in [6, 6.07) is 7.58. The number of aliphatic hydroxyl groups is 1. The predicted molar refractivity (Wildman–Crippen MR) is 93.8 cm³/mol. The molecule has 4 nitrogen and oxygen atoms in total. The van der Waals surface area contributed by atoms with Crippen LogP contribution in [0.1, 0.15) is 46.6 Å². The highest BCUT2D eigenvalue weighted by Gasteiger charge is 2.50. The zero-order valence-corrected chi connectivity index (χ0v) is 15.5. The van der Waals surface area contributed by atoms with E-state index in [1.165, 1.54) is 0 Å². The molecule has 1 atom stereocenters. The Balaban J connectivity index is 2.20. The first kappa shape index (κ1) is 18.1. The first-order chi connectivity index (χ1) is 10.4. The van der Waals surface area contributed by atoms with Crippen LogP contribution in [-0.4, -0.2) is 34.8 Å². The van der Waals surface area contributed by atoms with Gasteiger partial charge in [-0.15, -0.1) is 12.6 Å². The Morgan fingerprint density at radius 2 is 1.83 bits per heavy atom. The minimum Gasteiger partial charge on any atom is -0.444 e. The van der Waals surface area contributed by atoms with Crippen LogP contribution in [0.4, 0.5) is 4.79 Å². The van der Waals surface area contributed by atoms with Crippen LogP contribution >= 0.6 is 12.6 Å². The van der Waals surface area contributed by atoms with Gasteiger partial charge in [0.1, 0.15) is 5.60 Å². The molecule has 1 saturated heterocycles. The molecule has 0 spiro atoms. The van der Waals surface area contributed by atoms with Crippen molar-refractivity contribution in [1.82, 2.24) is 4.90 Å². The number of amides is 1. The number of piperidine rings is 1. The summed E-state index contributed by atoms with van der Waals surface area (Å²) in [6.07, 6.45) is 0.156. The summed E-state index contributed by atoms with van der Waals surface area (Å²) in [6.45, 7) is 10.5. The van der Waals surface area contributed by atoms with Crippen molar-refractivity contribution in [3.05, 3.63) is 29.8 Å². The molecule has 1 unspecified atom stereocenters. The molecule has 1 amide bonds. The third-order valence-corrected chi connectivity index (χ3v) is 4.74. The van der Waals surface area contributed by atoms with E-state index in [4.69, 9.17) is 4.74 Å². The van der Waals surface area contributed by atoms with Gasteiger partial charge in [-0.3, -0.25) is 0 Å². The number of thiol groups is 1. The highest BCUT2D eigenvalue weighted by atomic mass is 32.1. The fraction of sp³-hybridized carbons (Fsp3) is 0.611. The Morgan fingerprint density at radius 3 is 2.30 bits per heavy atom. The van der Waals surface area contributed by atoms with Crippen LogP contribution in [-0.2, 0) is 10.3 Å². The number of ether oxygens (including phenoxy) is 1. The van der Waals surface area contributed by atoms with Crippen molar-refractivity contribution in [3.8, 4) is 0 Å². The van der Waals surface area contributed by atoms with Gasteiger partial charge in [-0.25, -0.2) is 4.79 Å². The first-order valence-corrected chi connectivity index (χ1v) is 8.39. The monoisotopic (exact) mass is 337 g/mol. The lowest BCUT2D eigenvalue weighted by atomic mass is 9.66. The largest absolute Gasteiger partial charge is 0.444 e. The molecule has 0 aromatic heterocycles. The summed E-state index contributed by atoms with van der Waals surface area (Å²) in [5.41, 5.74) is -1.12. The number of carbonyl (C=O) groups is 1. The standard InChI is InChI=1S/C18H27NO3S/c1-16(2,3)22-15(20)19-11-10-18(21,17(4,5)12-19)13-6-8-14(23)9-7-13/h6-9,21,23H,10-12H2,1-5H3. The number of nitrogens with zero attached hydrogens (tertiary/aromatic N) is 1. The zero-order valence-electron chi connectivity index (χ0n) is 14.6. The maximum Gasteiger partial charge on any atom is 0.410 e. The lowest BCUT2D eigenvalue weighted by Crippen LogP contribution is -2.57. The number of hydrogen-bond acceptors (Lipinski definition) is 4. The number of rotatable bonds is 1. The van der Waals surface area contributed by atoms with Crippen molar-refractivity contribution in [1.29, 1.82) is 0 Å². The van der Waals surface area contributed by atoms with Gasteiger partial charge in [-0.2, -0.15) is 0 Å². The number of likely N-dealkylation sites (tertiary alicyclic amines) is 1. The van der Waals surface area contributed by atoms with Crippen molar-refractivity contribution in [3.63, 3.8) is 0 Å². The van der Waals surface area contributed by atoms with E-state index in [2.05, 4.69) is 12.6 Å². The molecule has 0 bridgehead atoms. The van der Waals surface area contributed by atoms with Crippen LogP contribution in [0.2, 0.25) is 0 Å². The van der Waals surface area contributed by atoms with Gasteiger partial charge in [0.15, 0.2) is 0 Å². The van der Waals surface area contributed by atoms with E-state index < -0.39 is 16.6 Å². The van der Waals surface area contributed by atoms with Crippen LogP contribution < -0.4 is 0 Å². The van der Waals surface area contributed by atoms with Crippen molar-refractivity contribution < 1.29 is 14.6 Å². The van der Waals surface area contributed by atoms with Crippen LogP contribution in [0.5, 0.6) is 0 Å². The fourth-order valence-electron chi connectivity index (χ4n) is 3.08. The lowest BCUT2D eigenvalue weighted by molar-refractivity contribution is -0.123. The Hall–Kier alpha value is -1.20. The summed E-state index contributed by atoms with van der Waals surface area (Å²) in [5, 5.41) is 11.3. The van der Waals surface area contributed by atoms with Gasteiger partial charge in [0.2, 0.25) is 0 Å². The molecule has 23 heavy (non-hydrogen) atoms. The molecule has 1 aliphatic heterocycles. The molecule has 128 valence electrons. The van der Waals surface area contributed by atoms with Crippen molar-refractivity contribution in [2.24, 2.45) is 5.41 Å². The SMILES string of the molecule is CC(C)(C)OC(=O)N1CCC(O)(c2ccc(S)cc2)C(C)(C)C1. The quantitative estimate of drug-likeness (QED) is 0.766. The van der Waals surface area contributed by atoms with E-state index in [0.29, 0.717) is 19.5 Å². The molecule has 0 saturated carbocycles. The van der Waals surface area contributed by atoms with E-state index in [1.807, 2.05) is 58.9 Å². The average molecular weight is 337 g/mol. The van der Waals surface area contributed by atoms with Crippen LogP contribution in [0.3, 0.4) is 0 Å². The molecule has 1 fully saturated rings. The van der Waals surface area contributed by atoms with Crippen molar-refractivity contribution in [2.45, 2.75) is 57.1 Å². The second kappa shape index (κ2) is 6.02. The van der Waals surface area contributed by atoms with E-state index in [-0.39, 0.29) is 6.09 Å². The molecular weight excluding hydrogens is 310 g/mol. The Morgan fingerprint density at radius 1 is 1.26 bits per heavy atom. The molecule has 1 N–H and O–H groups in total. The van der Waals surface area contributed by atoms with Crippen LogP contribution in [0.15, 0.2) is 29.2 Å². The van der Waals surface area contributed by atoms with E-state index in [9.17, 15) is 9.90 Å². The lowest BCUT2D eigenvalue weighted by Gasteiger charge is -2.50. The minimum absolute atomic E-state index is 0.321. The van der Waals surface area contributed by atoms with Crippen molar-refractivity contribution >= 4 is 18.7 Å². The second-order valence-electron chi connectivity index (χ2n) is 7.94. The topological polar surface area (TPSA) is 49.8 Å². The van der Waals surface area contributed by atoms with Gasteiger partial charge < -0.3 is 14.7 Å². The first-order valence-electron chi connectivity index (χ1n) is 7.94. The number of hydrogen-bond donors (Lipinski definition) is 2. The average Bonchev–Trinajstić information content (AvgIpc) is 2.40. The Kier molecular flexibility index (Phi) is 4.75. The van der Waals surface area contributed by atoms with Gasteiger partial charge in [-0.1, -0.05) is 26.0 Å². The highest BCUT2D eigenvalue weighted by Crippen LogP contribution is 2.46. The van der Waals surface area contributed by atoms with Crippen LogP contribution in [0, 0.1) is 5.41 Å². The normalized spacial score (nSPS) is 24.4. The molecule has 1 aromatic rings. The smallest absolute Gasteiger partial charge is 0.410 e. The molecule has 2 rings (SSSR count). The Labute approximate surface area is 144 Å². The molecule has 1 heterocycles. The maximum absolute atomic E-state index is 12.3. The fourth-order valence-corrected chi connectivity index (χ4v) is 3.23. The molecule has 5 heteroatoms. The zero-order chi connectivity index (χ0) is 17.5. The van der Waals surface area contributed by atoms with Gasteiger partial charge in [0, 0.05) is 23.4 Å². The second-order valence-corrected chi connectivity index (χ2v) is 8.46. The summed E-state index contributed by atoms with van der Waals surface area (Å²) >= 11 is 4.30. The van der Waals surface area contributed by atoms with E-state index >= 15 is 0 Å². The van der Waals surface area contributed by atoms with Crippen molar-refractivity contribution in [2.75, 3.05) is 13.1 Å². The summed E-state index contributed by atoms with van der Waals surface area (Å²) in [7, 11) is 0. The molecule has 0 aliphatic carbocycles. The van der Waals surface area contributed by atoms with E-state index in [0.717, 1.165) is 10.5 Å². The number of carbonyl (C=O) groups excluding carboxylic acids is 1. The summed E-state index contributed by atoms with van der Waals surface area (Å²) < 4.78 is 5.46. The highest BCUT2D eigenvalue weighted by molar-refractivity contribution is 7.80. The molecule has 1 aliphatic rings. The van der Waals surface area contributed by atoms with Gasteiger partial charge in [0.05, 0.1) is 5.60 Å². The van der Waals surface area contributed by atoms with Gasteiger partial charge in [-0.05, 0) is 44.9 Å². The Bertz CT molecular complexity index is 577. The third-order valence-electron chi connectivity index (χ3n) is 4.45. The third kappa shape index (κ3) is 3.83. The predicted octanol–water partition coefficient (Wildman–Crippen LogP) is 3.83. The van der Waals surface area contributed by atoms with E-state index in [1.54, 1.807) is 4.90 Å². The number of benzene rings is 1. The van der Waals surface area contributed by atoms with Gasteiger partial charge >= 0.3 is 6.09 Å². The maximum atomic E-state index is 12.3. The van der Waals surface area contributed by atoms with Crippen LogP contribution in [0.25, 0.3) is 0 Å². The molecule has 0 radical (unpaired) electrons. The van der Waals surface area contributed by atoms with Gasteiger partial charge in [0.25, 0.3) is 0 Å². The minimum atomic E-state index is -0.979. The molecule has 1 aromatic carbocycles. The summed E-state index contributed by atoms with van der Waals surface area (Å²) in [5.74, 6) is 0.